The number of aliphatic hydroxyl groups is 3. The lowest BCUT2D eigenvalue weighted by Gasteiger charge is -2.27. The number of carbonyl (C=O) groups is 9. The first-order chi connectivity index (χ1) is 34.4. The number of aliphatic hydroxyl groups excluding tert-OH is 3. The number of carbonyl (C=O) groups excluding carboxylic acids is 8. The summed E-state index contributed by atoms with van der Waals surface area (Å²) in [5, 5.41) is 67.0. The first-order valence-corrected chi connectivity index (χ1v) is 23.8. The van der Waals surface area contributed by atoms with Crippen molar-refractivity contribution in [1.29, 1.82) is 0 Å². The smallest absolute Gasteiger partial charge is 0.326 e. The van der Waals surface area contributed by atoms with Gasteiger partial charge in [-0.3, -0.25) is 38.4 Å². The molecule has 0 spiro atoms. The molecule has 388 valence electrons. The highest BCUT2D eigenvalue weighted by Gasteiger charge is 2.35. The number of hydrogen-bond donors (Lipinski definition) is 15. The van der Waals surface area contributed by atoms with E-state index in [1.807, 2.05) is 0 Å². The zero-order chi connectivity index (χ0) is 52.9. The van der Waals surface area contributed by atoms with E-state index in [1.54, 1.807) is 67.0 Å². The number of phenols is 1. The van der Waals surface area contributed by atoms with Gasteiger partial charge in [-0.25, -0.2) is 4.79 Å². The molecule has 1 aromatic heterocycles. The Bertz CT molecular complexity index is 2510. The Morgan fingerprint density at radius 3 is 1.57 bits per heavy atom. The fraction of sp³-hybridized carbons (Fsp3) is 0.383. The van der Waals surface area contributed by atoms with Gasteiger partial charge in [0.2, 0.25) is 47.3 Å². The van der Waals surface area contributed by atoms with Crippen LogP contribution in [0.4, 0.5) is 0 Å². The van der Waals surface area contributed by atoms with Gasteiger partial charge in [-0.1, -0.05) is 60.7 Å². The lowest BCUT2D eigenvalue weighted by molar-refractivity contribution is -0.142. The summed E-state index contributed by atoms with van der Waals surface area (Å²) < 4.78 is 0. The number of fused-ring (bicyclic) bond motifs is 1. The first kappa shape index (κ1) is 57.0. The molecule has 0 bridgehead atoms. The molecule has 8 atom stereocenters. The largest absolute Gasteiger partial charge is 0.508 e. The van der Waals surface area contributed by atoms with Crippen molar-refractivity contribution in [2.45, 2.75) is 80.4 Å². The molecule has 25 heteroatoms. The number of aromatic hydroxyl groups is 1. The second-order valence-corrected chi connectivity index (χ2v) is 17.5. The number of phenolic OH excluding ortho intramolecular Hbond substituents is 1. The predicted octanol–water partition coefficient (Wildman–Crippen LogP) is -3.69. The van der Waals surface area contributed by atoms with Crippen LogP contribution in [0, 0.1) is 0 Å². The molecule has 72 heavy (non-hydrogen) atoms. The van der Waals surface area contributed by atoms with Crippen LogP contribution in [-0.4, -0.2) is 164 Å². The molecule has 0 aliphatic heterocycles. The molecule has 0 unspecified atom stereocenters. The van der Waals surface area contributed by atoms with Crippen LogP contribution < -0.4 is 48.7 Å². The van der Waals surface area contributed by atoms with Gasteiger partial charge in [0.1, 0.15) is 48.0 Å². The zero-order valence-electron chi connectivity index (χ0n) is 39.0. The average molecular weight is 1020 g/mol. The van der Waals surface area contributed by atoms with E-state index in [-0.39, 0.29) is 37.2 Å². The minimum absolute atomic E-state index is 0.0629. The van der Waals surface area contributed by atoms with Crippen molar-refractivity contribution >= 4 is 75.9 Å². The van der Waals surface area contributed by atoms with Gasteiger partial charge in [-0.15, -0.1) is 0 Å². The van der Waals surface area contributed by atoms with E-state index in [0.717, 1.165) is 10.9 Å². The maximum Gasteiger partial charge on any atom is 0.326 e. The number of rotatable bonds is 29. The van der Waals surface area contributed by atoms with Crippen LogP contribution in [0.3, 0.4) is 0 Å². The van der Waals surface area contributed by atoms with Crippen LogP contribution >= 0.6 is 11.8 Å². The molecule has 0 aliphatic rings. The van der Waals surface area contributed by atoms with Crippen LogP contribution in [0.2, 0.25) is 0 Å². The van der Waals surface area contributed by atoms with E-state index in [2.05, 4.69) is 42.2 Å². The van der Waals surface area contributed by atoms with E-state index in [1.165, 1.54) is 36.0 Å². The minimum Gasteiger partial charge on any atom is -0.508 e. The van der Waals surface area contributed by atoms with E-state index >= 15 is 0 Å². The molecule has 24 nitrogen and oxygen atoms in total. The summed E-state index contributed by atoms with van der Waals surface area (Å²) in [5.74, 6) is -9.77. The molecule has 8 amide bonds. The second kappa shape index (κ2) is 28.3. The highest BCUT2D eigenvalue weighted by atomic mass is 32.2. The summed E-state index contributed by atoms with van der Waals surface area (Å²) >= 11 is 1.29. The number of amides is 8. The fourth-order valence-corrected chi connectivity index (χ4v) is 7.64. The van der Waals surface area contributed by atoms with Crippen molar-refractivity contribution in [3.8, 4) is 5.75 Å². The molecule has 4 aromatic rings. The molecule has 0 saturated carbocycles. The maximum absolute atomic E-state index is 14.2. The van der Waals surface area contributed by atoms with Crippen molar-refractivity contribution < 1.29 is 68.7 Å². The number of primary amides is 1. The molecule has 0 aliphatic carbocycles. The maximum atomic E-state index is 14.2. The standard InChI is InChI=1S/C47H60N10O14S/c1-72-16-15-32(41(64)56-38(24-60)45(68)54-35(47(70)71)19-27-21-50-31-10-6-5-9-29(27)31)51-42(65)33(18-26-11-13-28(61)14-12-26)52-43(66)34(20-39(49)62)53-44(67)37(23-59)57-46(69)36(22-58)55-40(63)30(48)17-25-7-3-2-4-8-25/h2-14,21,30,32-38,50,58-61H,15-20,22-24,48H2,1H3,(H2,49,62)(H,51,65)(H,52,66)(H,53,67)(H,54,68)(H,55,63)(H,56,64)(H,57,69)(H,70,71)/t30-,32-,33-,34-,35-,36-,37-,38-/m0/s1. The second-order valence-electron chi connectivity index (χ2n) is 16.5. The summed E-state index contributed by atoms with van der Waals surface area (Å²) in [7, 11) is 0. The van der Waals surface area contributed by atoms with Crippen molar-refractivity contribution in [3.63, 3.8) is 0 Å². The number of thioether (sulfide) groups is 1. The summed E-state index contributed by atoms with van der Waals surface area (Å²) in [4.78, 5) is 122. The van der Waals surface area contributed by atoms with Crippen LogP contribution in [0.15, 0.2) is 85.1 Å². The fourth-order valence-electron chi connectivity index (χ4n) is 7.17. The number of aromatic amines is 1. The quantitative estimate of drug-likeness (QED) is 0.0249. The summed E-state index contributed by atoms with van der Waals surface area (Å²) in [6.07, 6.45) is 1.98. The van der Waals surface area contributed by atoms with Crippen molar-refractivity contribution in [2.75, 3.05) is 31.8 Å². The first-order valence-electron chi connectivity index (χ1n) is 22.4. The number of aliphatic carboxylic acids is 1. The molecular weight excluding hydrogens is 961 g/mol. The highest BCUT2D eigenvalue weighted by molar-refractivity contribution is 7.98. The number of hydrogen-bond acceptors (Lipinski definition) is 15. The lowest BCUT2D eigenvalue weighted by Crippen LogP contribution is -2.61. The van der Waals surface area contributed by atoms with E-state index in [0.29, 0.717) is 16.7 Å². The lowest BCUT2D eigenvalue weighted by atomic mass is 10.0. The highest BCUT2D eigenvalue weighted by Crippen LogP contribution is 2.19. The van der Waals surface area contributed by atoms with Crippen LogP contribution in [-0.2, 0) is 62.4 Å². The summed E-state index contributed by atoms with van der Waals surface area (Å²) in [6, 6.07) is 8.52. The number of benzene rings is 3. The Morgan fingerprint density at radius 1 is 0.556 bits per heavy atom. The number of nitrogens with two attached hydrogens (primary N) is 2. The van der Waals surface area contributed by atoms with Gasteiger partial charge in [0.05, 0.1) is 32.3 Å². The molecule has 0 saturated heterocycles. The van der Waals surface area contributed by atoms with Crippen molar-refractivity contribution in [3.05, 3.63) is 102 Å². The third-order valence-electron chi connectivity index (χ3n) is 11.1. The van der Waals surface area contributed by atoms with Gasteiger partial charge >= 0.3 is 5.97 Å². The summed E-state index contributed by atoms with van der Waals surface area (Å²) in [5.41, 5.74) is 13.8. The zero-order valence-corrected chi connectivity index (χ0v) is 39.9. The monoisotopic (exact) mass is 1020 g/mol. The molecule has 3 aromatic carbocycles. The Labute approximate surface area is 416 Å². The summed E-state index contributed by atoms with van der Waals surface area (Å²) in [6.45, 7) is -3.02. The van der Waals surface area contributed by atoms with Gasteiger partial charge < -0.3 is 79.2 Å². The van der Waals surface area contributed by atoms with Crippen LogP contribution in [0.25, 0.3) is 10.9 Å². The minimum atomic E-state index is -1.86. The predicted molar refractivity (Wildman–Crippen MR) is 261 cm³/mol. The molecule has 0 radical (unpaired) electrons. The third-order valence-corrected chi connectivity index (χ3v) is 11.7. The number of carboxylic acids is 1. The number of nitrogens with one attached hydrogen (secondary N) is 8. The number of H-pyrrole nitrogens is 1. The Hall–Kier alpha value is -7.58. The molecular formula is C47H60N10O14S. The van der Waals surface area contributed by atoms with Crippen molar-refractivity contribution in [2.24, 2.45) is 11.5 Å². The molecule has 1 heterocycles. The number of carboxylic acid groups (broad SMARTS) is 1. The van der Waals surface area contributed by atoms with Gasteiger partial charge in [0.25, 0.3) is 0 Å². The van der Waals surface area contributed by atoms with Gasteiger partial charge in [0.15, 0.2) is 0 Å². The van der Waals surface area contributed by atoms with Gasteiger partial charge in [-0.05, 0) is 59.7 Å². The normalized spacial score (nSPS) is 14.4. The Kier molecular flexibility index (Phi) is 22.4. The van der Waals surface area contributed by atoms with Gasteiger partial charge in [0, 0.05) is 29.9 Å². The topological polar surface area (TPSA) is 407 Å². The Morgan fingerprint density at radius 2 is 1.01 bits per heavy atom. The van der Waals surface area contributed by atoms with Crippen LogP contribution in [0.5, 0.6) is 5.75 Å². The van der Waals surface area contributed by atoms with E-state index in [4.69, 9.17) is 11.5 Å². The van der Waals surface area contributed by atoms with Crippen molar-refractivity contribution in [1.82, 2.24) is 42.2 Å². The van der Waals surface area contributed by atoms with Crippen LogP contribution in [0.1, 0.15) is 29.5 Å². The molecule has 0 fully saturated rings. The molecule has 4 rings (SSSR count). The van der Waals surface area contributed by atoms with E-state index < -0.39 is 128 Å². The van der Waals surface area contributed by atoms with E-state index in [9.17, 15) is 68.7 Å². The van der Waals surface area contributed by atoms with Gasteiger partial charge in [-0.2, -0.15) is 11.8 Å². The average Bonchev–Trinajstić information content (AvgIpc) is 3.77. The number of para-hydroxylation sites is 1. The Balaban J connectivity index is 1.48. The SMILES string of the molecule is CSCC[C@H](NC(=O)[C@H](Cc1ccc(O)cc1)NC(=O)[C@H](CC(N)=O)NC(=O)[C@H](CO)NC(=O)[C@H](CO)NC(=O)[C@@H](N)Cc1ccccc1)C(=O)N[C@@H](CO)C(=O)N[C@@H](Cc1c[nH]c2ccccc12)C(=O)O. The number of aromatic nitrogens is 1. The molecule has 17 N–H and O–H groups in total. The third kappa shape index (κ3) is 17.4.